The molecule has 0 amide bonds. The number of methoxy groups -OCH3 is 1. The van der Waals surface area contributed by atoms with E-state index in [4.69, 9.17) is 5.11 Å². The van der Waals surface area contributed by atoms with Gasteiger partial charge in [-0.25, -0.2) is 4.79 Å². The van der Waals surface area contributed by atoms with Crippen LogP contribution in [0, 0.1) is 0 Å². The lowest BCUT2D eigenvalue weighted by Gasteiger charge is -1.99. The molecule has 3 heteroatoms. The molecule has 0 fully saturated rings. The summed E-state index contributed by atoms with van der Waals surface area (Å²) < 4.78 is 4.36. The van der Waals surface area contributed by atoms with Crippen LogP contribution in [0.25, 0.3) is 0 Å². The lowest BCUT2D eigenvalue weighted by molar-refractivity contribution is -0.139. The van der Waals surface area contributed by atoms with Crippen molar-refractivity contribution in [1.82, 2.24) is 0 Å². The van der Waals surface area contributed by atoms with Crippen molar-refractivity contribution in [3.63, 3.8) is 0 Å². The van der Waals surface area contributed by atoms with Crippen molar-refractivity contribution in [2.24, 2.45) is 0 Å². The second kappa shape index (κ2) is 9.56. The van der Waals surface area contributed by atoms with E-state index < -0.39 is 5.97 Å². The lowest BCUT2D eigenvalue weighted by Crippen LogP contribution is -2.03. The molecule has 0 aromatic heterocycles. The molecule has 3 nitrogen and oxygen atoms in total. The summed E-state index contributed by atoms with van der Waals surface area (Å²) >= 11 is 0. The number of unbranched alkanes of at least 4 members (excludes halogenated alkanes) is 6. The van der Waals surface area contributed by atoms with Gasteiger partial charge in [-0.15, -0.1) is 0 Å². The Hall–Kier alpha value is -0.990. The first kappa shape index (κ1) is 14.0. The highest BCUT2D eigenvalue weighted by molar-refractivity contribution is 5.85. The first-order valence-corrected chi connectivity index (χ1v) is 5.69. The van der Waals surface area contributed by atoms with E-state index in [-0.39, 0.29) is 5.76 Å². The fourth-order valence-corrected chi connectivity index (χ4v) is 1.35. The Labute approximate surface area is 92.1 Å². The van der Waals surface area contributed by atoms with Crippen molar-refractivity contribution < 1.29 is 14.6 Å². The van der Waals surface area contributed by atoms with E-state index in [0.29, 0.717) is 0 Å². The summed E-state index contributed by atoms with van der Waals surface area (Å²) in [5, 5.41) is 9.15. The minimum Gasteiger partial charge on any atom is -0.502 e. The predicted octanol–water partition coefficient (Wildman–Crippen LogP) is 3.35. The lowest BCUT2D eigenvalue weighted by atomic mass is 10.1. The summed E-state index contributed by atoms with van der Waals surface area (Å²) in [5.74, 6) is -0.924. The molecule has 0 heterocycles. The number of carbonyl (C=O) groups excluding carboxylic acids is 1. The van der Waals surface area contributed by atoms with E-state index >= 15 is 0 Å². The smallest absolute Gasteiger partial charge is 0.372 e. The van der Waals surface area contributed by atoms with E-state index in [2.05, 4.69) is 11.7 Å². The third-order valence-corrected chi connectivity index (χ3v) is 2.29. The van der Waals surface area contributed by atoms with Gasteiger partial charge in [0.05, 0.1) is 7.11 Å². The molecule has 0 radical (unpaired) electrons. The Morgan fingerprint density at radius 3 is 2.40 bits per heavy atom. The molecule has 0 saturated carbocycles. The molecule has 0 bridgehead atoms. The van der Waals surface area contributed by atoms with Gasteiger partial charge in [0, 0.05) is 0 Å². The molecule has 15 heavy (non-hydrogen) atoms. The van der Waals surface area contributed by atoms with Crippen LogP contribution in [0.1, 0.15) is 51.9 Å². The van der Waals surface area contributed by atoms with Crippen molar-refractivity contribution in [3.05, 3.63) is 11.8 Å². The molecule has 0 aromatic rings. The monoisotopic (exact) mass is 214 g/mol. The second-order valence-electron chi connectivity index (χ2n) is 3.64. The van der Waals surface area contributed by atoms with Crippen molar-refractivity contribution in [3.8, 4) is 0 Å². The molecule has 0 atom stereocenters. The number of esters is 1. The van der Waals surface area contributed by atoms with Gasteiger partial charge >= 0.3 is 5.97 Å². The topological polar surface area (TPSA) is 46.5 Å². The first-order chi connectivity index (χ1) is 7.22. The van der Waals surface area contributed by atoms with Gasteiger partial charge in [0.2, 0.25) is 0 Å². The minimum absolute atomic E-state index is 0.272. The molecule has 0 unspecified atom stereocenters. The number of hydrogen-bond donors (Lipinski definition) is 1. The molecule has 0 rings (SSSR count). The van der Waals surface area contributed by atoms with Gasteiger partial charge in [0.15, 0.2) is 5.76 Å². The van der Waals surface area contributed by atoms with Gasteiger partial charge in [-0.2, -0.15) is 0 Å². The summed E-state index contributed by atoms with van der Waals surface area (Å²) in [6.45, 7) is 2.19. The summed E-state index contributed by atoms with van der Waals surface area (Å²) in [6.07, 6.45) is 9.52. The van der Waals surface area contributed by atoms with Gasteiger partial charge in [-0.3, -0.25) is 0 Å². The van der Waals surface area contributed by atoms with Crippen molar-refractivity contribution in [2.45, 2.75) is 51.9 Å². The molecule has 0 spiro atoms. The van der Waals surface area contributed by atoms with Crippen LogP contribution in [0.15, 0.2) is 11.8 Å². The van der Waals surface area contributed by atoms with Crippen molar-refractivity contribution in [1.29, 1.82) is 0 Å². The largest absolute Gasteiger partial charge is 0.502 e. The number of allylic oxidation sites excluding steroid dienone is 1. The van der Waals surface area contributed by atoms with Crippen LogP contribution in [0.3, 0.4) is 0 Å². The third kappa shape index (κ3) is 8.03. The number of carbonyl (C=O) groups is 1. The number of ether oxygens (including phenoxy) is 1. The van der Waals surface area contributed by atoms with E-state index in [1.807, 2.05) is 0 Å². The number of rotatable bonds is 8. The first-order valence-electron chi connectivity index (χ1n) is 5.69. The van der Waals surface area contributed by atoms with Gasteiger partial charge < -0.3 is 9.84 Å². The summed E-state index contributed by atoms with van der Waals surface area (Å²) in [6, 6.07) is 0. The molecule has 0 aliphatic heterocycles. The standard InChI is InChI=1S/C12H22O3/c1-3-4-5-6-7-8-9-10-11(13)12(14)15-2/h10,13H,3-9H2,1-2H3. The van der Waals surface area contributed by atoms with E-state index in [0.717, 1.165) is 19.3 Å². The highest BCUT2D eigenvalue weighted by atomic mass is 16.5. The highest BCUT2D eigenvalue weighted by Gasteiger charge is 2.04. The zero-order valence-electron chi connectivity index (χ0n) is 9.79. The van der Waals surface area contributed by atoms with Crippen LogP contribution in [0.5, 0.6) is 0 Å². The molecule has 88 valence electrons. The van der Waals surface area contributed by atoms with E-state index in [1.54, 1.807) is 0 Å². The maximum atomic E-state index is 10.8. The Morgan fingerprint density at radius 2 is 1.80 bits per heavy atom. The predicted molar refractivity (Wildman–Crippen MR) is 60.7 cm³/mol. The Morgan fingerprint density at radius 1 is 1.20 bits per heavy atom. The van der Waals surface area contributed by atoms with Crippen LogP contribution in [0.2, 0.25) is 0 Å². The van der Waals surface area contributed by atoms with Gasteiger partial charge in [0.25, 0.3) is 0 Å². The maximum Gasteiger partial charge on any atom is 0.372 e. The summed E-state index contributed by atoms with van der Waals surface area (Å²) in [5.41, 5.74) is 0. The minimum atomic E-state index is -0.652. The molecule has 0 aromatic carbocycles. The molecule has 0 aliphatic carbocycles. The summed E-state index contributed by atoms with van der Waals surface area (Å²) in [7, 11) is 1.26. The average molecular weight is 214 g/mol. The van der Waals surface area contributed by atoms with Crippen molar-refractivity contribution in [2.75, 3.05) is 7.11 Å². The second-order valence-corrected chi connectivity index (χ2v) is 3.64. The van der Waals surface area contributed by atoms with Gasteiger partial charge in [0.1, 0.15) is 0 Å². The number of aliphatic hydroxyl groups excluding tert-OH is 1. The highest BCUT2D eigenvalue weighted by Crippen LogP contribution is 2.08. The number of hydrogen-bond acceptors (Lipinski definition) is 3. The van der Waals surface area contributed by atoms with Crippen LogP contribution in [0.4, 0.5) is 0 Å². The zero-order chi connectivity index (χ0) is 11.5. The molecule has 1 N–H and O–H groups in total. The van der Waals surface area contributed by atoms with Crippen LogP contribution < -0.4 is 0 Å². The van der Waals surface area contributed by atoms with Crippen LogP contribution >= 0.6 is 0 Å². The fraction of sp³-hybridized carbons (Fsp3) is 0.750. The van der Waals surface area contributed by atoms with Crippen LogP contribution in [-0.2, 0) is 9.53 Å². The third-order valence-electron chi connectivity index (χ3n) is 2.29. The summed E-state index contributed by atoms with van der Waals surface area (Å²) in [4.78, 5) is 10.8. The van der Waals surface area contributed by atoms with E-state index in [9.17, 15) is 4.79 Å². The Kier molecular flexibility index (Phi) is 8.93. The fourth-order valence-electron chi connectivity index (χ4n) is 1.35. The van der Waals surface area contributed by atoms with Gasteiger partial charge in [-0.1, -0.05) is 39.0 Å². The van der Waals surface area contributed by atoms with Gasteiger partial charge in [-0.05, 0) is 18.9 Å². The normalized spacial score (nSPS) is 11.5. The zero-order valence-corrected chi connectivity index (χ0v) is 9.79. The van der Waals surface area contributed by atoms with E-state index in [1.165, 1.54) is 38.9 Å². The quantitative estimate of drug-likeness (QED) is 0.292. The van der Waals surface area contributed by atoms with Crippen molar-refractivity contribution >= 4 is 5.97 Å². The van der Waals surface area contributed by atoms with Crippen LogP contribution in [-0.4, -0.2) is 18.2 Å². The SMILES string of the molecule is CCCCCCCCC=C(O)C(=O)OC. The maximum absolute atomic E-state index is 10.8. The molecule has 0 aliphatic rings. The number of aliphatic hydroxyl groups is 1. The Balaban J connectivity index is 3.40. The molecule has 0 saturated heterocycles. The molecular formula is C12H22O3. The molecular weight excluding hydrogens is 192 g/mol. The Bertz CT molecular complexity index is 197. The average Bonchev–Trinajstić information content (AvgIpc) is 2.26.